The van der Waals surface area contributed by atoms with Gasteiger partial charge in [0.25, 0.3) is 0 Å². The van der Waals surface area contributed by atoms with Crippen molar-refractivity contribution in [2.75, 3.05) is 32.1 Å². The van der Waals surface area contributed by atoms with Gasteiger partial charge < -0.3 is 14.8 Å². The Morgan fingerprint density at radius 1 is 0.909 bits per heavy atom. The molecule has 0 fully saturated rings. The van der Waals surface area contributed by atoms with Crippen molar-refractivity contribution in [3.8, 4) is 22.6 Å². The van der Waals surface area contributed by atoms with E-state index in [4.69, 9.17) is 4.98 Å². The molecule has 4 heterocycles. The normalized spacial score (nSPS) is 15.4. The molecular weight excluding hydrogens is 410 g/mol. The third-order valence-corrected chi connectivity index (χ3v) is 6.55. The van der Waals surface area contributed by atoms with Crippen molar-refractivity contribution in [1.29, 1.82) is 0 Å². The molecule has 6 bridgehead atoms. The number of nitrogens with zero attached hydrogens (tertiary/aromatic N) is 5. The number of hydrogen-bond donors (Lipinski definition) is 2. The monoisotopic (exact) mass is 437 g/mol. The highest BCUT2D eigenvalue weighted by Gasteiger charge is 2.17. The number of rotatable bonds is 0. The Morgan fingerprint density at radius 3 is 2.76 bits per heavy atom. The third kappa shape index (κ3) is 3.64. The Bertz CT molecular complexity index is 1450. The van der Waals surface area contributed by atoms with E-state index in [0.29, 0.717) is 0 Å². The minimum Gasteiger partial charge on any atom is -0.373 e. The standard InChI is InChI=1S/C26H27N7/c1-32-10-3-4-11-33(2)23-7-5-6-22-25(23)29-26(28-22)24-20-13-18(8-9-21(20)30-31-24)19-12-17(16-32)14-27-15-19/h5-9,12-15H,3-4,10-11,16H2,1-2H3,(H,28,29)(H,30,31). The van der Waals surface area contributed by atoms with E-state index < -0.39 is 0 Å². The lowest BCUT2D eigenvalue weighted by atomic mass is 10.0. The molecule has 7 nitrogen and oxygen atoms in total. The van der Waals surface area contributed by atoms with Gasteiger partial charge in [0, 0.05) is 43.5 Å². The molecule has 0 unspecified atom stereocenters. The molecule has 3 aromatic heterocycles. The van der Waals surface area contributed by atoms with Crippen LogP contribution in [0.4, 0.5) is 5.69 Å². The number of imidazole rings is 1. The van der Waals surface area contributed by atoms with Gasteiger partial charge in [-0.2, -0.15) is 5.10 Å². The second-order valence-corrected chi connectivity index (χ2v) is 9.04. The van der Waals surface area contributed by atoms with Gasteiger partial charge in [0.1, 0.15) is 11.2 Å². The second-order valence-electron chi connectivity index (χ2n) is 9.04. The van der Waals surface area contributed by atoms with Crippen LogP contribution in [-0.4, -0.2) is 57.2 Å². The van der Waals surface area contributed by atoms with E-state index >= 15 is 0 Å². The van der Waals surface area contributed by atoms with Gasteiger partial charge in [0.2, 0.25) is 0 Å². The molecule has 166 valence electrons. The molecule has 6 rings (SSSR count). The Balaban J connectivity index is 1.53. The lowest BCUT2D eigenvalue weighted by molar-refractivity contribution is 0.319. The van der Waals surface area contributed by atoms with Crippen LogP contribution in [0.3, 0.4) is 0 Å². The topological polar surface area (TPSA) is 76.7 Å². The number of hydrogen-bond acceptors (Lipinski definition) is 5. The zero-order valence-electron chi connectivity index (χ0n) is 19.0. The highest BCUT2D eigenvalue weighted by molar-refractivity contribution is 5.97. The van der Waals surface area contributed by atoms with Gasteiger partial charge in [-0.1, -0.05) is 12.1 Å². The van der Waals surface area contributed by atoms with Crippen LogP contribution in [0.1, 0.15) is 18.4 Å². The van der Waals surface area contributed by atoms with Gasteiger partial charge in [-0.25, -0.2) is 4.98 Å². The summed E-state index contributed by atoms with van der Waals surface area (Å²) < 4.78 is 0. The zero-order chi connectivity index (χ0) is 22.4. The van der Waals surface area contributed by atoms with Crippen molar-refractivity contribution in [2.24, 2.45) is 0 Å². The molecule has 0 spiro atoms. The summed E-state index contributed by atoms with van der Waals surface area (Å²) in [7, 11) is 4.34. The number of fused-ring (bicyclic) bond motifs is 6. The number of para-hydroxylation sites is 1. The lowest BCUT2D eigenvalue weighted by Crippen LogP contribution is -2.22. The maximum atomic E-state index is 4.99. The smallest absolute Gasteiger partial charge is 0.159 e. The summed E-state index contributed by atoms with van der Waals surface area (Å²) in [5.41, 5.74) is 8.44. The highest BCUT2D eigenvalue weighted by Crippen LogP contribution is 2.32. The Kier molecular flexibility index (Phi) is 4.84. The molecule has 33 heavy (non-hydrogen) atoms. The average molecular weight is 438 g/mol. The maximum Gasteiger partial charge on any atom is 0.159 e. The first kappa shape index (κ1) is 19.9. The molecule has 5 aromatic rings. The molecule has 7 heteroatoms. The van der Waals surface area contributed by atoms with Gasteiger partial charge in [-0.3, -0.25) is 10.1 Å². The van der Waals surface area contributed by atoms with Gasteiger partial charge >= 0.3 is 0 Å². The maximum absolute atomic E-state index is 4.99. The van der Waals surface area contributed by atoms with Crippen molar-refractivity contribution in [3.63, 3.8) is 0 Å². The van der Waals surface area contributed by atoms with Crippen molar-refractivity contribution in [2.45, 2.75) is 19.4 Å². The predicted molar refractivity (Wildman–Crippen MR) is 133 cm³/mol. The number of aromatic nitrogens is 5. The number of H-pyrrole nitrogens is 2. The van der Waals surface area contributed by atoms with E-state index in [1.165, 1.54) is 5.56 Å². The SMILES string of the molecule is CN1CCCCN(C)c2cccc3[nH]c(nc23)-c2n[nH]c3ccc(cc23)-c2cncc(c2)C1. The van der Waals surface area contributed by atoms with Crippen LogP contribution >= 0.6 is 0 Å². The van der Waals surface area contributed by atoms with E-state index in [-0.39, 0.29) is 0 Å². The molecular formula is C26H27N7. The van der Waals surface area contributed by atoms with E-state index in [9.17, 15) is 0 Å². The van der Waals surface area contributed by atoms with Crippen LogP contribution in [-0.2, 0) is 6.54 Å². The molecule has 0 radical (unpaired) electrons. The molecule has 2 N–H and O–H groups in total. The van der Waals surface area contributed by atoms with Crippen LogP contribution in [0, 0.1) is 0 Å². The van der Waals surface area contributed by atoms with Gasteiger partial charge in [-0.15, -0.1) is 0 Å². The van der Waals surface area contributed by atoms with Crippen LogP contribution in [0.2, 0.25) is 0 Å². The Hall–Kier alpha value is -3.71. The summed E-state index contributed by atoms with van der Waals surface area (Å²) in [6.07, 6.45) is 6.17. The second kappa shape index (κ2) is 8.01. The summed E-state index contributed by atoms with van der Waals surface area (Å²) in [6, 6.07) is 15.0. The van der Waals surface area contributed by atoms with Crippen molar-refractivity contribution < 1.29 is 0 Å². The fourth-order valence-electron chi connectivity index (χ4n) is 4.79. The third-order valence-electron chi connectivity index (χ3n) is 6.55. The fourth-order valence-corrected chi connectivity index (χ4v) is 4.79. The summed E-state index contributed by atoms with van der Waals surface area (Å²) in [4.78, 5) is 17.7. The fraction of sp³-hybridized carbons (Fsp3) is 0.269. The molecule has 0 atom stereocenters. The quantitative estimate of drug-likeness (QED) is 0.363. The van der Waals surface area contributed by atoms with Crippen LogP contribution < -0.4 is 4.90 Å². The van der Waals surface area contributed by atoms with Gasteiger partial charge in [0.05, 0.1) is 16.7 Å². The molecule has 2 aromatic carbocycles. The highest BCUT2D eigenvalue weighted by atomic mass is 15.1. The van der Waals surface area contributed by atoms with E-state index in [0.717, 1.165) is 82.7 Å². The van der Waals surface area contributed by atoms with E-state index in [1.54, 1.807) is 0 Å². The first-order chi connectivity index (χ1) is 16.2. The van der Waals surface area contributed by atoms with Gasteiger partial charge in [0.15, 0.2) is 5.82 Å². The largest absolute Gasteiger partial charge is 0.373 e. The van der Waals surface area contributed by atoms with E-state index in [2.05, 4.69) is 86.5 Å². The number of benzene rings is 2. The number of aromatic amines is 2. The minimum absolute atomic E-state index is 0.781. The zero-order valence-corrected chi connectivity index (χ0v) is 19.0. The summed E-state index contributed by atoms with van der Waals surface area (Å²) >= 11 is 0. The Morgan fingerprint density at radius 2 is 1.82 bits per heavy atom. The van der Waals surface area contributed by atoms with Crippen molar-refractivity contribution in [1.82, 2.24) is 30.0 Å². The summed E-state index contributed by atoms with van der Waals surface area (Å²) in [5.74, 6) is 0.781. The summed E-state index contributed by atoms with van der Waals surface area (Å²) in [5, 5.41) is 8.83. The number of pyridine rings is 1. The first-order valence-electron chi connectivity index (χ1n) is 11.5. The molecule has 0 amide bonds. The first-order valence-corrected chi connectivity index (χ1v) is 11.5. The van der Waals surface area contributed by atoms with Crippen molar-refractivity contribution in [3.05, 3.63) is 60.4 Å². The lowest BCUT2D eigenvalue weighted by Gasteiger charge is -2.21. The van der Waals surface area contributed by atoms with Crippen LogP contribution in [0.5, 0.6) is 0 Å². The van der Waals surface area contributed by atoms with Crippen LogP contribution in [0.15, 0.2) is 54.9 Å². The molecule has 1 aliphatic heterocycles. The van der Waals surface area contributed by atoms with Crippen LogP contribution in [0.25, 0.3) is 44.6 Å². The van der Waals surface area contributed by atoms with Crippen molar-refractivity contribution >= 4 is 27.6 Å². The summed E-state index contributed by atoms with van der Waals surface area (Å²) in [6.45, 7) is 2.93. The molecule has 0 aliphatic carbocycles. The number of nitrogens with one attached hydrogen (secondary N) is 2. The molecule has 0 saturated carbocycles. The number of anilines is 1. The molecule has 1 aliphatic rings. The Labute approximate surface area is 192 Å². The average Bonchev–Trinajstić information content (AvgIpc) is 3.44. The minimum atomic E-state index is 0.781. The predicted octanol–water partition coefficient (Wildman–Crippen LogP) is 4.83. The van der Waals surface area contributed by atoms with Gasteiger partial charge in [-0.05, 0) is 67.9 Å². The molecule has 0 saturated heterocycles. The van der Waals surface area contributed by atoms with E-state index in [1.807, 2.05) is 12.4 Å².